The topological polar surface area (TPSA) is 62.0 Å². The maximum Gasteiger partial charge on any atom is 0.305 e. The maximum atomic E-state index is 10.8. The van der Waals surface area contributed by atoms with Gasteiger partial charge in [-0.25, -0.2) is 0 Å². The van der Waals surface area contributed by atoms with Crippen LogP contribution in [0.2, 0.25) is 0 Å². The lowest BCUT2D eigenvalue weighted by atomic mass is 10.4. The molecule has 2 N–H and O–H groups in total. The van der Waals surface area contributed by atoms with Crippen molar-refractivity contribution in [2.75, 3.05) is 0 Å². The van der Waals surface area contributed by atoms with Gasteiger partial charge >= 0.3 is 4.87 Å². The van der Waals surface area contributed by atoms with E-state index in [2.05, 4.69) is 10.3 Å². The van der Waals surface area contributed by atoms with Gasteiger partial charge < -0.3 is 10.3 Å². The van der Waals surface area contributed by atoms with Crippen LogP contribution in [0.25, 0.3) is 0 Å². The average molecular weight is 156 g/mol. The molecular formula is C5H4N2O2S. The number of nitrogens with one attached hydrogen (secondary N) is 2. The molecule has 2 rings (SSSR count). The number of hydrogen-bond acceptors (Lipinski definition) is 3. The molecule has 52 valence electrons. The van der Waals surface area contributed by atoms with Crippen molar-refractivity contribution in [3.8, 4) is 0 Å². The Kier molecular flexibility index (Phi) is 0.960. The van der Waals surface area contributed by atoms with Gasteiger partial charge in [-0.15, -0.1) is 0 Å². The van der Waals surface area contributed by atoms with Gasteiger partial charge in [0.15, 0.2) is 0 Å². The summed E-state index contributed by atoms with van der Waals surface area (Å²) in [5.74, 6) is -0.173. The summed E-state index contributed by atoms with van der Waals surface area (Å²) >= 11 is 1.09. The minimum absolute atomic E-state index is 0.153. The van der Waals surface area contributed by atoms with E-state index in [1.165, 1.54) is 0 Å². The Morgan fingerprint density at radius 2 is 2.20 bits per heavy atom. The van der Waals surface area contributed by atoms with Crippen LogP contribution in [0, 0.1) is 0 Å². The second-order valence-corrected chi connectivity index (χ2v) is 3.06. The predicted molar refractivity (Wildman–Crippen MR) is 36.1 cm³/mol. The smallest absolute Gasteiger partial charge is 0.305 e. The summed E-state index contributed by atoms with van der Waals surface area (Å²) in [5.41, 5.74) is 0.440. The van der Waals surface area contributed by atoms with E-state index in [0.717, 1.165) is 16.2 Å². The number of amides is 1. The summed E-state index contributed by atoms with van der Waals surface area (Å²) < 4.78 is 0. The molecule has 0 fully saturated rings. The van der Waals surface area contributed by atoms with E-state index in [1.807, 2.05) is 0 Å². The number of thiazole rings is 1. The molecule has 0 aromatic carbocycles. The lowest BCUT2D eigenvalue weighted by Crippen LogP contribution is -2.15. The second kappa shape index (κ2) is 1.69. The minimum atomic E-state index is -0.173. The molecule has 0 atom stereocenters. The monoisotopic (exact) mass is 156 g/mol. The van der Waals surface area contributed by atoms with Crippen molar-refractivity contribution >= 4 is 17.2 Å². The fourth-order valence-corrected chi connectivity index (χ4v) is 1.68. The second-order valence-electron chi connectivity index (χ2n) is 2.00. The fraction of sp³-hybridized carbons (Fsp3) is 0.200. The van der Waals surface area contributed by atoms with Gasteiger partial charge in [-0.05, 0) is 0 Å². The molecule has 0 bridgehead atoms. The minimum Gasteiger partial charge on any atom is -0.346 e. The highest BCUT2D eigenvalue weighted by Crippen LogP contribution is 2.13. The molecule has 4 nitrogen and oxygen atoms in total. The zero-order chi connectivity index (χ0) is 7.14. The van der Waals surface area contributed by atoms with E-state index in [0.29, 0.717) is 12.2 Å². The number of fused-ring (bicyclic) bond motifs is 1. The average Bonchev–Trinajstić information content (AvgIpc) is 2.35. The summed E-state index contributed by atoms with van der Waals surface area (Å²) in [6.07, 6.45) is 0. The third-order valence-electron chi connectivity index (χ3n) is 1.36. The van der Waals surface area contributed by atoms with Gasteiger partial charge in [0.1, 0.15) is 5.69 Å². The van der Waals surface area contributed by atoms with Gasteiger partial charge in [0.2, 0.25) is 0 Å². The van der Waals surface area contributed by atoms with Crippen LogP contribution in [-0.4, -0.2) is 10.9 Å². The highest BCUT2D eigenvalue weighted by molar-refractivity contribution is 7.09. The Morgan fingerprint density at radius 1 is 1.40 bits per heavy atom. The summed E-state index contributed by atoms with van der Waals surface area (Å²) in [4.78, 5) is 24.6. The normalized spacial score (nSPS) is 15.0. The van der Waals surface area contributed by atoms with Crippen molar-refractivity contribution in [1.82, 2.24) is 10.3 Å². The highest BCUT2D eigenvalue weighted by Gasteiger charge is 2.21. The van der Waals surface area contributed by atoms with E-state index in [4.69, 9.17) is 0 Å². The predicted octanol–water partition coefficient (Wildman–Crippen LogP) is -0.320. The fourth-order valence-electron chi connectivity index (χ4n) is 0.917. The number of aromatic nitrogens is 1. The molecule has 1 aromatic heterocycles. The molecule has 0 saturated carbocycles. The van der Waals surface area contributed by atoms with Crippen molar-refractivity contribution in [1.29, 1.82) is 0 Å². The van der Waals surface area contributed by atoms with Gasteiger partial charge in [-0.1, -0.05) is 11.3 Å². The van der Waals surface area contributed by atoms with Crippen molar-refractivity contribution < 1.29 is 4.79 Å². The van der Waals surface area contributed by atoms with Crippen LogP contribution in [0.3, 0.4) is 0 Å². The van der Waals surface area contributed by atoms with Gasteiger partial charge in [0.25, 0.3) is 5.91 Å². The van der Waals surface area contributed by atoms with Crippen molar-refractivity contribution in [2.45, 2.75) is 6.54 Å². The Balaban J connectivity index is 2.69. The lowest BCUT2D eigenvalue weighted by molar-refractivity contribution is 0.0961. The number of rotatable bonds is 0. The quantitative estimate of drug-likeness (QED) is 0.540. The molecule has 5 heteroatoms. The first kappa shape index (κ1) is 5.67. The van der Waals surface area contributed by atoms with E-state index in [-0.39, 0.29) is 10.8 Å². The van der Waals surface area contributed by atoms with Crippen LogP contribution in [0.15, 0.2) is 4.79 Å². The molecule has 10 heavy (non-hydrogen) atoms. The SMILES string of the molecule is O=C1NCc2sc(=O)[nH]c21. The summed E-state index contributed by atoms with van der Waals surface area (Å²) in [5, 5.41) is 2.59. The number of hydrogen-bond donors (Lipinski definition) is 2. The molecule has 1 amide bonds. The molecular weight excluding hydrogens is 152 g/mol. The van der Waals surface area contributed by atoms with Crippen molar-refractivity contribution in [2.24, 2.45) is 0 Å². The molecule has 1 aliphatic heterocycles. The van der Waals surface area contributed by atoms with Crippen molar-refractivity contribution in [3.63, 3.8) is 0 Å². The molecule has 0 saturated heterocycles. The molecule has 1 aliphatic rings. The highest BCUT2D eigenvalue weighted by atomic mass is 32.1. The summed E-state index contributed by atoms with van der Waals surface area (Å²) in [7, 11) is 0. The molecule has 0 unspecified atom stereocenters. The third-order valence-corrected chi connectivity index (χ3v) is 2.24. The molecule has 0 aliphatic carbocycles. The molecule has 0 spiro atoms. The molecule has 1 aromatic rings. The van der Waals surface area contributed by atoms with E-state index < -0.39 is 0 Å². The first-order valence-corrected chi connectivity index (χ1v) is 3.59. The van der Waals surface area contributed by atoms with Gasteiger partial charge in [-0.3, -0.25) is 9.59 Å². The van der Waals surface area contributed by atoms with Crippen LogP contribution in [0.4, 0.5) is 0 Å². The number of carbonyl (C=O) groups is 1. The first-order chi connectivity index (χ1) is 4.77. The lowest BCUT2D eigenvalue weighted by Gasteiger charge is -1.84. The van der Waals surface area contributed by atoms with Crippen LogP contribution >= 0.6 is 11.3 Å². The largest absolute Gasteiger partial charge is 0.346 e. The van der Waals surface area contributed by atoms with Gasteiger partial charge in [0.05, 0.1) is 11.4 Å². The Hall–Kier alpha value is -1.10. The van der Waals surface area contributed by atoms with Crippen LogP contribution < -0.4 is 10.2 Å². The van der Waals surface area contributed by atoms with Gasteiger partial charge in [0, 0.05) is 0 Å². The Morgan fingerprint density at radius 3 is 2.90 bits per heavy atom. The van der Waals surface area contributed by atoms with E-state index in [1.54, 1.807) is 0 Å². The van der Waals surface area contributed by atoms with Crippen LogP contribution in [-0.2, 0) is 6.54 Å². The van der Waals surface area contributed by atoms with Crippen LogP contribution in [0.1, 0.15) is 15.4 Å². The van der Waals surface area contributed by atoms with E-state index >= 15 is 0 Å². The standard InChI is InChI=1S/C5H4N2O2S/c8-4-3-2(1-6-4)10-5(9)7-3/h1H2,(H,6,8)(H,7,9). The summed E-state index contributed by atoms with van der Waals surface area (Å²) in [6, 6.07) is 0. The first-order valence-electron chi connectivity index (χ1n) is 2.77. The third kappa shape index (κ3) is 0.607. The maximum absolute atomic E-state index is 10.8. The van der Waals surface area contributed by atoms with Crippen molar-refractivity contribution in [3.05, 3.63) is 20.2 Å². The van der Waals surface area contributed by atoms with E-state index in [9.17, 15) is 9.59 Å². The Bertz CT molecular complexity index is 338. The Labute approximate surface area is 59.9 Å². The zero-order valence-corrected chi connectivity index (χ0v) is 5.75. The molecule has 2 heterocycles. The van der Waals surface area contributed by atoms with Gasteiger partial charge in [-0.2, -0.15) is 0 Å². The summed E-state index contributed by atoms with van der Waals surface area (Å²) in [6.45, 7) is 0.498. The van der Waals surface area contributed by atoms with Crippen LogP contribution in [0.5, 0.6) is 0 Å². The molecule has 0 radical (unpaired) electrons. The number of aromatic amines is 1. The zero-order valence-electron chi connectivity index (χ0n) is 4.93. The number of carbonyl (C=O) groups excluding carboxylic acids is 1. The number of H-pyrrole nitrogens is 1.